The van der Waals surface area contributed by atoms with Crippen molar-refractivity contribution in [3.05, 3.63) is 35.7 Å². The van der Waals surface area contributed by atoms with E-state index in [9.17, 15) is 4.79 Å². The van der Waals surface area contributed by atoms with Crippen LogP contribution in [0.2, 0.25) is 0 Å². The molecule has 1 heterocycles. The van der Waals surface area contributed by atoms with Crippen LogP contribution >= 0.6 is 0 Å². The second kappa shape index (κ2) is 7.09. The Morgan fingerprint density at radius 2 is 2.18 bits per heavy atom. The Kier molecular flexibility index (Phi) is 5.16. The summed E-state index contributed by atoms with van der Waals surface area (Å²) in [5.74, 6) is 0.548. The summed E-state index contributed by atoms with van der Waals surface area (Å²) in [7, 11) is 1.60. The number of amides is 2. The zero-order chi connectivity index (χ0) is 16.1. The Balaban J connectivity index is 2.11. The highest BCUT2D eigenvalue weighted by Crippen LogP contribution is 2.26. The molecule has 0 unspecified atom stereocenters. The minimum absolute atomic E-state index is 0.0655. The SMILES string of the molecule is COC[C@@H](C)NC(=O)Nc1ccc(C)c(-c2nc(C)co2)c1. The number of rotatable bonds is 5. The molecular formula is C16H21N3O3. The number of carbonyl (C=O) groups excluding carboxylic acids is 1. The average Bonchev–Trinajstić information content (AvgIpc) is 2.87. The van der Waals surface area contributed by atoms with Crippen molar-refractivity contribution in [1.29, 1.82) is 0 Å². The van der Waals surface area contributed by atoms with Crippen molar-refractivity contribution in [1.82, 2.24) is 10.3 Å². The number of aryl methyl sites for hydroxylation is 2. The summed E-state index contributed by atoms with van der Waals surface area (Å²) in [5.41, 5.74) is 3.38. The first-order chi connectivity index (χ1) is 10.5. The van der Waals surface area contributed by atoms with Gasteiger partial charge in [-0.3, -0.25) is 0 Å². The normalized spacial score (nSPS) is 12.0. The Morgan fingerprint density at radius 1 is 1.41 bits per heavy atom. The molecule has 2 N–H and O–H groups in total. The predicted octanol–water partition coefficient (Wildman–Crippen LogP) is 3.11. The van der Waals surface area contributed by atoms with Crippen LogP contribution < -0.4 is 10.6 Å². The second-order valence-corrected chi connectivity index (χ2v) is 5.28. The molecule has 0 fully saturated rings. The summed E-state index contributed by atoms with van der Waals surface area (Å²) in [5, 5.41) is 5.59. The molecule has 22 heavy (non-hydrogen) atoms. The van der Waals surface area contributed by atoms with E-state index in [0.29, 0.717) is 18.2 Å². The van der Waals surface area contributed by atoms with E-state index in [0.717, 1.165) is 16.8 Å². The van der Waals surface area contributed by atoms with Gasteiger partial charge in [0.05, 0.1) is 18.3 Å². The van der Waals surface area contributed by atoms with Crippen LogP contribution in [-0.4, -0.2) is 30.8 Å². The molecule has 0 spiro atoms. The van der Waals surface area contributed by atoms with E-state index in [-0.39, 0.29) is 12.1 Å². The van der Waals surface area contributed by atoms with E-state index in [2.05, 4.69) is 15.6 Å². The lowest BCUT2D eigenvalue weighted by Gasteiger charge is -2.14. The Morgan fingerprint density at radius 3 is 2.82 bits per heavy atom. The second-order valence-electron chi connectivity index (χ2n) is 5.28. The quantitative estimate of drug-likeness (QED) is 0.889. The van der Waals surface area contributed by atoms with E-state index in [4.69, 9.17) is 9.15 Å². The van der Waals surface area contributed by atoms with Gasteiger partial charge < -0.3 is 19.8 Å². The average molecular weight is 303 g/mol. The maximum Gasteiger partial charge on any atom is 0.319 e. The highest BCUT2D eigenvalue weighted by atomic mass is 16.5. The number of hydrogen-bond donors (Lipinski definition) is 2. The van der Waals surface area contributed by atoms with Crippen LogP contribution in [0.3, 0.4) is 0 Å². The van der Waals surface area contributed by atoms with Crippen LogP contribution in [-0.2, 0) is 4.74 Å². The molecule has 2 rings (SSSR count). The van der Waals surface area contributed by atoms with Crippen LogP contribution in [0.25, 0.3) is 11.5 Å². The monoisotopic (exact) mass is 303 g/mol. The lowest BCUT2D eigenvalue weighted by atomic mass is 10.1. The topological polar surface area (TPSA) is 76.4 Å². The maximum absolute atomic E-state index is 11.9. The summed E-state index contributed by atoms with van der Waals surface area (Å²) < 4.78 is 10.4. The number of carbonyl (C=O) groups is 1. The molecule has 0 aliphatic heterocycles. The number of nitrogens with zero attached hydrogens (tertiary/aromatic N) is 1. The Hall–Kier alpha value is -2.34. The molecule has 2 aromatic rings. The number of ether oxygens (including phenoxy) is 1. The van der Waals surface area contributed by atoms with Crippen LogP contribution in [0, 0.1) is 13.8 Å². The van der Waals surface area contributed by atoms with Crippen LogP contribution in [0.5, 0.6) is 0 Å². The molecular weight excluding hydrogens is 282 g/mol. The first-order valence-electron chi connectivity index (χ1n) is 7.09. The van der Waals surface area contributed by atoms with E-state index in [1.54, 1.807) is 13.4 Å². The number of methoxy groups -OCH3 is 1. The first kappa shape index (κ1) is 16.0. The highest BCUT2D eigenvalue weighted by Gasteiger charge is 2.11. The largest absolute Gasteiger partial charge is 0.444 e. The lowest BCUT2D eigenvalue weighted by Crippen LogP contribution is -2.38. The number of hydrogen-bond acceptors (Lipinski definition) is 4. The van der Waals surface area contributed by atoms with Gasteiger partial charge in [-0.2, -0.15) is 0 Å². The summed E-state index contributed by atoms with van der Waals surface area (Å²) in [6.45, 7) is 6.18. The molecule has 118 valence electrons. The maximum atomic E-state index is 11.9. The van der Waals surface area contributed by atoms with Crippen LogP contribution in [0.1, 0.15) is 18.2 Å². The van der Waals surface area contributed by atoms with Gasteiger partial charge in [-0.15, -0.1) is 0 Å². The van der Waals surface area contributed by atoms with Crippen molar-refractivity contribution in [2.75, 3.05) is 19.0 Å². The Labute approximate surface area is 129 Å². The zero-order valence-corrected chi connectivity index (χ0v) is 13.3. The van der Waals surface area contributed by atoms with Crippen molar-refractivity contribution in [2.45, 2.75) is 26.8 Å². The van der Waals surface area contributed by atoms with Crippen molar-refractivity contribution in [2.24, 2.45) is 0 Å². The van der Waals surface area contributed by atoms with Gasteiger partial charge in [0, 0.05) is 18.4 Å². The number of oxazole rings is 1. The molecule has 1 aromatic heterocycles. The van der Waals surface area contributed by atoms with E-state index in [1.807, 2.05) is 39.0 Å². The van der Waals surface area contributed by atoms with Gasteiger partial charge in [0.25, 0.3) is 0 Å². The number of urea groups is 1. The van der Waals surface area contributed by atoms with Gasteiger partial charge in [-0.1, -0.05) is 6.07 Å². The van der Waals surface area contributed by atoms with Crippen molar-refractivity contribution < 1.29 is 13.9 Å². The molecule has 1 atom stereocenters. The third kappa shape index (κ3) is 4.08. The third-order valence-corrected chi connectivity index (χ3v) is 3.14. The highest BCUT2D eigenvalue weighted by molar-refractivity contribution is 5.90. The predicted molar refractivity (Wildman–Crippen MR) is 84.9 cm³/mol. The fourth-order valence-corrected chi connectivity index (χ4v) is 2.09. The van der Waals surface area contributed by atoms with Gasteiger partial charge in [0.2, 0.25) is 5.89 Å². The molecule has 1 aromatic carbocycles. The smallest absolute Gasteiger partial charge is 0.319 e. The van der Waals surface area contributed by atoms with Gasteiger partial charge in [0.15, 0.2) is 0 Å². The van der Waals surface area contributed by atoms with E-state index >= 15 is 0 Å². The summed E-state index contributed by atoms with van der Waals surface area (Å²) in [6, 6.07) is 5.27. The van der Waals surface area contributed by atoms with Crippen LogP contribution in [0.4, 0.5) is 10.5 Å². The molecule has 2 amide bonds. The zero-order valence-electron chi connectivity index (χ0n) is 13.3. The van der Waals surface area contributed by atoms with Crippen molar-refractivity contribution >= 4 is 11.7 Å². The summed E-state index contributed by atoms with van der Waals surface area (Å²) in [4.78, 5) is 16.2. The fraction of sp³-hybridized carbons (Fsp3) is 0.375. The van der Waals surface area contributed by atoms with E-state index < -0.39 is 0 Å². The lowest BCUT2D eigenvalue weighted by molar-refractivity contribution is 0.173. The van der Waals surface area contributed by atoms with Crippen LogP contribution in [0.15, 0.2) is 28.9 Å². The molecule has 0 saturated carbocycles. The standard InChI is InChI=1S/C16H21N3O3/c1-10-5-6-13(19-16(20)18-11(2)8-21-4)7-14(10)15-17-12(3)9-22-15/h5-7,9,11H,8H2,1-4H3,(H2,18,19,20)/t11-/m1/s1. The minimum atomic E-state index is -0.275. The molecule has 0 aliphatic carbocycles. The Bertz CT molecular complexity index is 652. The summed E-state index contributed by atoms with van der Waals surface area (Å²) in [6.07, 6.45) is 1.61. The number of anilines is 1. The molecule has 0 bridgehead atoms. The van der Waals surface area contributed by atoms with Gasteiger partial charge in [-0.25, -0.2) is 9.78 Å². The van der Waals surface area contributed by atoms with Crippen molar-refractivity contribution in [3.8, 4) is 11.5 Å². The summed E-state index contributed by atoms with van der Waals surface area (Å²) >= 11 is 0. The van der Waals surface area contributed by atoms with E-state index in [1.165, 1.54) is 0 Å². The number of benzene rings is 1. The third-order valence-electron chi connectivity index (χ3n) is 3.14. The number of aromatic nitrogens is 1. The minimum Gasteiger partial charge on any atom is -0.444 e. The number of nitrogens with one attached hydrogen (secondary N) is 2. The molecule has 6 heteroatoms. The van der Waals surface area contributed by atoms with Gasteiger partial charge in [-0.05, 0) is 38.5 Å². The molecule has 0 aliphatic rings. The molecule has 0 saturated heterocycles. The molecule has 0 radical (unpaired) electrons. The van der Waals surface area contributed by atoms with Gasteiger partial charge >= 0.3 is 6.03 Å². The fourth-order valence-electron chi connectivity index (χ4n) is 2.09. The van der Waals surface area contributed by atoms with Gasteiger partial charge in [0.1, 0.15) is 6.26 Å². The molecule has 6 nitrogen and oxygen atoms in total. The first-order valence-corrected chi connectivity index (χ1v) is 7.09. The van der Waals surface area contributed by atoms with Crippen molar-refractivity contribution in [3.63, 3.8) is 0 Å².